The lowest BCUT2D eigenvalue weighted by atomic mass is 9.89. The fourth-order valence-corrected chi connectivity index (χ4v) is 2.04. The summed E-state index contributed by atoms with van der Waals surface area (Å²) in [5, 5.41) is 18.4. The summed E-state index contributed by atoms with van der Waals surface area (Å²) in [4.78, 5) is 0. The molecule has 0 spiro atoms. The summed E-state index contributed by atoms with van der Waals surface area (Å²) in [5.74, 6) is 0.336. The van der Waals surface area contributed by atoms with Crippen LogP contribution in [0.3, 0.4) is 0 Å². The third-order valence-electron chi connectivity index (χ3n) is 3.29. The van der Waals surface area contributed by atoms with E-state index in [-0.39, 0.29) is 11.5 Å². The third kappa shape index (κ3) is 4.20. The average Bonchev–Trinajstić information content (AvgIpc) is 2.55. The molecule has 0 saturated heterocycles. The Balaban J connectivity index is 2.68. The van der Waals surface area contributed by atoms with Gasteiger partial charge in [-0.3, -0.25) is 4.68 Å². The topological polar surface area (TPSA) is 50.1 Å². The van der Waals surface area contributed by atoms with Crippen molar-refractivity contribution < 1.29 is 5.11 Å². The van der Waals surface area contributed by atoms with Crippen molar-refractivity contribution in [1.29, 1.82) is 0 Å². The molecule has 0 amide bonds. The van der Waals surface area contributed by atoms with E-state index in [1.54, 1.807) is 4.68 Å². The smallest absolute Gasteiger partial charge is 0.131 e. The summed E-state index contributed by atoms with van der Waals surface area (Å²) < 4.78 is 1.70. The maximum atomic E-state index is 10.0. The van der Waals surface area contributed by atoms with Gasteiger partial charge in [-0.2, -0.15) is 5.10 Å². The summed E-state index contributed by atoms with van der Waals surface area (Å²) in [5.41, 5.74) is 1.93. The molecule has 0 aliphatic heterocycles. The first-order valence-electron chi connectivity index (χ1n) is 6.74. The first kappa shape index (κ1) is 16.5. The first-order valence-corrected chi connectivity index (χ1v) is 7.12. The van der Waals surface area contributed by atoms with Crippen molar-refractivity contribution in [3.63, 3.8) is 0 Å². The van der Waals surface area contributed by atoms with Gasteiger partial charge in [0.15, 0.2) is 0 Å². The molecule has 19 heavy (non-hydrogen) atoms. The van der Waals surface area contributed by atoms with Gasteiger partial charge < -0.3 is 10.4 Å². The molecular formula is C14H26ClN3O. The van der Waals surface area contributed by atoms with E-state index in [2.05, 4.69) is 24.3 Å². The third-order valence-corrected chi connectivity index (χ3v) is 3.76. The second kappa shape index (κ2) is 6.25. The van der Waals surface area contributed by atoms with Gasteiger partial charge in [0, 0.05) is 25.7 Å². The van der Waals surface area contributed by atoms with Crippen LogP contribution < -0.4 is 5.32 Å². The van der Waals surface area contributed by atoms with Crippen molar-refractivity contribution in [2.45, 2.75) is 53.2 Å². The monoisotopic (exact) mass is 287 g/mol. The van der Waals surface area contributed by atoms with Crippen molar-refractivity contribution in [3.8, 4) is 0 Å². The lowest BCUT2D eigenvalue weighted by Crippen LogP contribution is -2.36. The van der Waals surface area contributed by atoms with Crippen LogP contribution in [0, 0.1) is 5.41 Å². The summed E-state index contributed by atoms with van der Waals surface area (Å²) in [6.45, 7) is 11.5. The number of hydrogen-bond acceptors (Lipinski definition) is 3. The quantitative estimate of drug-likeness (QED) is 0.875. The molecule has 110 valence electrons. The highest BCUT2D eigenvalue weighted by Gasteiger charge is 2.22. The molecule has 4 nitrogen and oxygen atoms in total. The number of rotatable bonds is 5. The van der Waals surface area contributed by atoms with E-state index in [4.69, 9.17) is 11.6 Å². The zero-order valence-corrected chi connectivity index (χ0v) is 13.5. The van der Waals surface area contributed by atoms with Gasteiger partial charge in [-0.1, -0.05) is 46.2 Å². The molecule has 1 unspecified atom stereocenters. The second-order valence-electron chi connectivity index (χ2n) is 6.45. The Kier molecular flexibility index (Phi) is 5.42. The number of nitrogens with zero attached hydrogens (tertiary/aromatic N) is 2. The molecule has 0 saturated carbocycles. The molecule has 0 fully saturated rings. The van der Waals surface area contributed by atoms with E-state index in [1.165, 1.54) is 0 Å². The zero-order valence-electron chi connectivity index (χ0n) is 12.8. The van der Waals surface area contributed by atoms with Crippen LogP contribution >= 0.6 is 11.6 Å². The predicted octanol–water partition coefficient (Wildman–Crippen LogP) is 2.69. The van der Waals surface area contributed by atoms with Gasteiger partial charge in [-0.25, -0.2) is 0 Å². The minimum atomic E-state index is -0.384. The van der Waals surface area contributed by atoms with E-state index in [0.29, 0.717) is 24.2 Å². The minimum absolute atomic E-state index is 0.118. The first-order chi connectivity index (χ1) is 8.64. The number of aryl methyl sites for hydroxylation is 1. The van der Waals surface area contributed by atoms with Crippen LogP contribution in [-0.4, -0.2) is 27.5 Å². The van der Waals surface area contributed by atoms with Crippen LogP contribution in [0.4, 0.5) is 0 Å². The highest BCUT2D eigenvalue weighted by molar-refractivity contribution is 6.30. The molecule has 1 atom stereocenters. The van der Waals surface area contributed by atoms with Crippen LogP contribution in [0.2, 0.25) is 5.15 Å². The van der Waals surface area contributed by atoms with Crippen LogP contribution in [0.5, 0.6) is 0 Å². The Morgan fingerprint density at radius 1 is 1.37 bits per heavy atom. The van der Waals surface area contributed by atoms with Gasteiger partial charge in [0.1, 0.15) is 5.15 Å². The van der Waals surface area contributed by atoms with Crippen LogP contribution in [-0.2, 0) is 13.6 Å². The summed E-state index contributed by atoms with van der Waals surface area (Å²) >= 11 is 6.26. The SMILES string of the molecule is CC(C)c1nn(C)c(Cl)c1CNCC(O)C(C)(C)C. The fourth-order valence-electron chi connectivity index (χ4n) is 1.83. The summed E-state index contributed by atoms with van der Waals surface area (Å²) in [7, 11) is 1.85. The molecule has 0 aliphatic rings. The molecule has 1 aromatic heterocycles. The van der Waals surface area contributed by atoms with Crippen molar-refractivity contribution in [2.75, 3.05) is 6.54 Å². The van der Waals surface area contributed by atoms with E-state index < -0.39 is 0 Å². The average molecular weight is 288 g/mol. The number of halogens is 1. The number of nitrogens with one attached hydrogen (secondary N) is 1. The van der Waals surface area contributed by atoms with Crippen molar-refractivity contribution in [3.05, 3.63) is 16.4 Å². The number of aliphatic hydroxyl groups excluding tert-OH is 1. The molecule has 0 aromatic carbocycles. The van der Waals surface area contributed by atoms with E-state index in [1.807, 2.05) is 27.8 Å². The number of hydrogen-bond donors (Lipinski definition) is 2. The van der Waals surface area contributed by atoms with Gasteiger partial charge in [0.2, 0.25) is 0 Å². The highest BCUT2D eigenvalue weighted by Crippen LogP contribution is 2.25. The highest BCUT2D eigenvalue weighted by atomic mass is 35.5. The van der Waals surface area contributed by atoms with Gasteiger partial charge in [0.05, 0.1) is 11.8 Å². The number of aromatic nitrogens is 2. The maximum absolute atomic E-state index is 10.0. The molecule has 5 heteroatoms. The van der Waals surface area contributed by atoms with E-state index >= 15 is 0 Å². The minimum Gasteiger partial charge on any atom is -0.391 e. The van der Waals surface area contributed by atoms with Crippen LogP contribution in [0.25, 0.3) is 0 Å². The standard InChI is InChI=1S/C14H26ClN3O/c1-9(2)12-10(13(15)18(6)17-12)7-16-8-11(19)14(3,4)5/h9,11,16,19H,7-8H2,1-6H3. The molecule has 1 rings (SSSR count). The fraction of sp³-hybridized carbons (Fsp3) is 0.786. The van der Waals surface area contributed by atoms with E-state index in [0.717, 1.165) is 11.3 Å². The maximum Gasteiger partial charge on any atom is 0.131 e. The van der Waals surface area contributed by atoms with Gasteiger partial charge in [0.25, 0.3) is 0 Å². The Morgan fingerprint density at radius 2 is 1.95 bits per heavy atom. The summed E-state index contributed by atoms with van der Waals surface area (Å²) in [6, 6.07) is 0. The Morgan fingerprint density at radius 3 is 2.42 bits per heavy atom. The molecule has 0 aliphatic carbocycles. The lowest BCUT2D eigenvalue weighted by molar-refractivity contribution is 0.0627. The van der Waals surface area contributed by atoms with Crippen LogP contribution in [0.1, 0.15) is 51.8 Å². The summed E-state index contributed by atoms with van der Waals surface area (Å²) in [6.07, 6.45) is -0.384. The lowest BCUT2D eigenvalue weighted by Gasteiger charge is -2.26. The molecule has 1 aromatic rings. The van der Waals surface area contributed by atoms with Crippen molar-refractivity contribution in [1.82, 2.24) is 15.1 Å². The van der Waals surface area contributed by atoms with Crippen molar-refractivity contribution in [2.24, 2.45) is 12.5 Å². The Bertz CT molecular complexity index is 421. The largest absolute Gasteiger partial charge is 0.391 e. The molecule has 1 heterocycles. The van der Waals surface area contributed by atoms with E-state index in [9.17, 15) is 5.11 Å². The van der Waals surface area contributed by atoms with Crippen molar-refractivity contribution >= 4 is 11.6 Å². The predicted molar refractivity (Wildman–Crippen MR) is 79.5 cm³/mol. The normalized spacial score (nSPS) is 14.2. The molecule has 2 N–H and O–H groups in total. The van der Waals surface area contributed by atoms with Gasteiger partial charge in [-0.05, 0) is 11.3 Å². The van der Waals surface area contributed by atoms with Gasteiger partial charge in [-0.15, -0.1) is 0 Å². The zero-order chi connectivity index (χ0) is 14.8. The Hall–Kier alpha value is -0.580. The second-order valence-corrected chi connectivity index (χ2v) is 6.80. The van der Waals surface area contributed by atoms with Crippen LogP contribution in [0.15, 0.2) is 0 Å². The molecular weight excluding hydrogens is 262 g/mol. The Labute approximate surface area is 121 Å². The van der Waals surface area contributed by atoms with Gasteiger partial charge >= 0.3 is 0 Å². The molecule has 0 bridgehead atoms. The number of aliphatic hydroxyl groups is 1. The molecule has 0 radical (unpaired) electrons.